The molecule has 2 heteroatoms. The molecule has 0 aromatic carbocycles. The molecule has 0 heterocycles. The number of rotatable bonds is 12. The van der Waals surface area contributed by atoms with Crippen LogP contribution in [0, 0.1) is 0 Å². The van der Waals surface area contributed by atoms with Crippen molar-refractivity contribution in [2.24, 2.45) is 0 Å². The summed E-state index contributed by atoms with van der Waals surface area (Å²) in [4.78, 5) is 0. The lowest BCUT2D eigenvalue weighted by Gasteiger charge is -2.11. The zero-order valence-corrected chi connectivity index (χ0v) is 13.6. The number of halogens is 1. The van der Waals surface area contributed by atoms with Crippen LogP contribution in [0.5, 0.6) is 0 Å². The van der Waals surface area contributed by atoms with Gasteiger partial charge in [0, 0.05) is 0 Å². The van der Waals surface area contributed by atoms with Crippen LogP contribution >= 0.6 is 11.1 Å². The summed E-state index contributed by atoms with van der Waals surface area (Å²) in [6.45, 7) is 4.56. The highest BCUT2D eigenvalue weighted by molar-refractivity contribution is 6.94. The second kappa shape index (κ2) is 13.6. The van der Waals surface area contributed by atoms with Crippen LogP contribution in [0.3, 0.4) is 0 Å². The second-order valence-electron chi connectivity index (χ2n) is 5.07. The Bertz CT molecular complexity index is 128. The van der Waals surface area contributed by atoms with Crippen molar-refractivity contribution in [1.29, 1.82) is 0 Å². The van der Waals surface area contributed by atoms with Crippen molar-refractivity contribution in [2.45, 2.75) is 90.0 Å². The molecule has 0 aliphatic rings. The van der Waals surface area contributed by atoms with Crippen molar-refractivity contribution in [3.63, 3.8) is 0 Å². The zero-order valence-electron chi connectivity index (χ0n) is 11.4. The molecule has 0 rings (SSSR count). The van der Waals surface area contributed by atoms with Crippen molar-refractivity contribution in [1.82, 2.24) is 0 Å². The number of hydrogen-bond acceptors (Lipinski definition) is 0. The highest BCUT2D eigenvalue weighted by atomic mass is 35.6. The van der Waals surface area contributed by atoms with Crippen molar-refractivity contribution < 1.29 is 0 Å². The molecule has 0 nitrogen and oxygen atoms in total. The SMILES string of the molecule is CCCCCCCCCCC(CCC)[SiH2]Cl. The molecular formula is C14H31ClSi. The highest BCUT2D eigenvalue weighted by Gasteiger charge is 2.05. The van der Waals surface area contributed by atoms with Crippen LogP contribution in [-0.2, 0) is 0 Å². The smallest absolute Gasteiger partial charge is 0.128 e. The Labute approximate surface area is 110 Å². The predicted octanol–water partition coefficient (Wildman–Crippen LogP) is 5.43. The first-order chi connectivity index (χ1) is 7.85. The van der Waals surface area contributed by atoms with E-state index in [1.807, 2.05) is 0 Å². The third-order valence-electron chi connectivity index (χ3n) is 3.38. The van der Waals surface area contributed by atoms with Crippen molar-refractivity contribution in [3.05, 3.63) is 0 Å². The fourth-order valence-corrected chi connectivity index (χ4v) is 4.21. The van der Waals surface area contributed by atoms with E-state index in [1.165, 1.54) is 70.6 Å². The molecule has 0 N–H and O–H groups in total. The van der Waals surface area contributed by atoms with Crippen LogP contribution in [0.4, 0.5) is 0 Å². The van der Waals surface area contributed by atoms with Gasteiger partial charge >= 0.3 is 0 Å². The molecule has 0 aliphatic heterocycles. The van der Waals surface area contributed by atoms with E-state index in [0.29, 0.717) is 0 Å². The average molecular weight is 263 g/mol. The van der Waals surface area contributed by atoms with Crippen molar-refractivity contribution >= 4 is 19.9 Å². The van der Waals surface area contributed by atoms with E-state index < -0.39 is 0 Å². The Morgan fingerprint density at radius 1 is 0.750 bits per heavy atom. The zero-order chi connectivity index (χ0) is 12.1. The van der Waals surface area contributed by atoms with Crippen molar-refractivity contribution in [2.75, 3.05) is 0 Å². The van der Waals surface area contributed by atoms with E-state index in [4.69, 9.17) is 11.1 Å². The summed E-state index contributed by atoms with van der Waals surface area (Å²) < 4.78 is 0. The molecule has 0 saturated heterocycles. The van der Waals surface area contributed by atoms with Crippen LogP contribution in [0.1, 0.15) is 84.5 Å². The Morgan fingerprint density at radius 3 is 1.81 bits per heavy atom. The maximum atomic E-state index is 6.08. The standard InChI is InChI=1S/C14H31ClSi/c1-3-5-6-7-8-9-10-11-13-14(16-15)12-4-2/h14H,3-13,16H2,1-2H3. The summed E-state index contributed by atoms with van der Waals surface area (Å²) in [5.41, 5.74) is 0.923. The van der Waals surface area contributed by atoms with Crippen LogP contribution in [0.15, 0.2) is 0 Å². The van der Waals surface area contributed by atoms with E-state index in [9.17, 15) is 0 Å². The van der Waals surface area contributed by atoms with E-state index >= 15 is 0 Å². The van der Waals surface area contributed by atoms with Gasteiger partial charge in [-0.1, -0.05) is 84.5 Å². The first-order valence-electron chi connectivity index (χ1n) is 7.41. The van der Waals surface area contributed by atoms with Gasteiger partial charge in [-0.15, -0.1) is 0 Å². The molecule has 0 aromatic rings. The first-order valence-corrected chi connectivity index (χ1v) is 10.4. The van der Waals surface area contributed by atoms with Gasteiger partial charge in [-0.05, 0) is 5.54 Å². The van der Waals surface area contributed by atoms with Crippen LogP contribution in [0.25, 0.3) is 0 Å². The molecule has 16 heavy (non-hydrogen) atoms. The molecule has 98 valence electrons. The molecule has 0 aliphatic carbocycles. The Hall–Kier alpha value is 0.507. The minimum Gasteiger partial charge on any atom is -0.176 e. The van der Waals surface area contributed by atoms with E-state index in [2.05, 4.69) is 13.8 Å². The quantitative estimate of drug-likeness (QED) is 0.250. The fourth-order valence-electron chi connectivity index (χ4n) is 2.27. The van der Waals surface area contributed by atoms with E-state index in [0.717, 1.165) is 5.54 Å². The minimum absolute atomic E-state index is 0.262. The Kier molecular flexibility index (Phi) is 14.0. The average Bonchev–Trinajstić information content (AvgIpc) is 2.31. The molecule has 0 aromatic heterocycles. The molecule has 0 fully saturated rings. The summed E-state index contributed by atoms with van der Waals surface area (Å²) in [5, 5.41) is 0. The third kappa shape index (κ3) is 11.0. The third-order valence-corrected chi connectivity index (χ3v) is 5.94. The fraction of sp³-hybridized carbons (Fsp3) is 1.00. The van der Waals surface area contributed by atoms with Gasteiger partial charge in [0.15, 0.2) is 0 Å². The first kappa shape index (κ1) is 16.5. The molecule has 0 amide bonds. The molecule has 0 bridgehead atoms. The van der Waals surface area contributed by atoms with E-state index in [1.54, 1.807) is 0 Å². The van der Waals surface area contributed by atoms with Gasteiger partial charge in [0.05, 0.1) is 0 Å². The van der Waals surface area contributed by atoms with Crippen LogP contribution < -0.4 is 0 Å². The number of hydrogen-bond donors (Lipinski definition) is 0. The molecule has 0 spiro atoms. The summed E-state index contributed by atoms with van der Waals surface area (Å²) >= 11 is 6.08. The molecule has 0 saturated carbocycles. The summed E-state index contributed by atoms with van der Waals surface area (Å²) in [6.07, 6.45) is 15.6. The summed E-state index contributed by atoms with van der Waals surface area (Å²) in [6, 6.07) is 0. The van der Waals surface area contributed by atoms with Crippen molar-refractivity contribution in [3.8, 4) is 0 Å². The Morgan fingerprint density at radius 2 is 1.31 bits per heavy atom. The van der Waals surface area contributed by atoms with Gasteiger partial charge < -0.3 is 0 Å². The van der Waals surface area contributed by atoms with E-state index in [-0.39, 0.29) is 8.83 Å². The highest BCUT2D eigenvalue weighted by Crippen LogP contribution is 2.22. The second-order valence-corrected chi connectivity index (χ2v) is 7.46. The molecule has 0 radical (unpaired) electrons. The lowest BCUT2D eigenvalue weighted by Crippen LogP contribution is -1.97. The molecule has 1 unspecified atom stereocenters. The predicted molar refractivity (Wildman–Crippen MR) is 80.3 cm³/mol. The lowest BCUT2D eigenvalue weighted by atomic mass is 10.1. The summed E-state index contributed by atoms with van der Waals surface area (Å²) in [5.74, 6) is 0. The van der Waals surface area contributed by atoms with Crippen LogP contribution in [-0.4, -0.2) is 8.83 Å². The largest absolute Gasteiger partial charge is 0.176 e. The van der Waals surface area contributed by atoms with Gasteiger partial charge in [0.25, 0.3) is 0 Å². The summed E-state index contributed by atoms with van der Waals surface area (Å²) in [7, 11) is -0.262. The van der Waals surface area contributed by atoms with Gasteiger partial charge in [0.1, 0.15) is 8.83 Å². The Balaban J connectivity index is 3.12. The minimum atomic E-state index is -0.262. The van der Waals surface area contributed by atoms with Gasteiger partial charge in [-0.25, -0.2) is 0 Å². The topological polar surface area (TPSA) is 0 Å². The monoisotopic (exact) mass is 262 g/mol. The maximum Gasteiger partial charge on any atom is 0.128 e. The maximum absolute atomic E-state index is 6.08. The molecule has 1 atom stereocenters. The lowest BCUT2D eigenvalue weighted by molar-refractivity contribution is 0.547. The van der Waals surface area contributed by atoms with Gasteiger partial charge in [-0.3, -0.25) is 0 Å². The number of unbranched alkanes of at least 4 members (excludes halogenated alkanes) is 7. The van der Waals surface area contributed by atoms with Gasteiger partial charge in [0.2, 0.25) is 0 Å². The normalized spacial score (nSPS) is 13.7. The van der Waals surface area contributed by atoms with Crippen LogP contribution in [0.2, 0.25) is 5.54 Å². The van der Waals surface area contributed by atoms with Gasteiger partial charge in [-0.2, -0.15) is 11.1 Å². The molecular weight excluding hydrogens is 232 g/mol.